The van der Waals surface area contributed by atoms with Crippen molar-refractivity contribution in [2.75, 3.05) is 7.11 Å². The van der Waals surface area contributed by atoms with Gasteiger partial charge in [0.15, 0.2) is 5.76 Å². The predicted molar refractivity (Wildman–Crippen MR) is 116 cm³/mol. The maximum atomic E-state index is 13.0. The van der Waals surface area contributed by atoms with E-state index < -0.39 is 11.4 Å². The molecular weight excluding hydrogens is 380 g/mol. The van der Waals surface area contributed by atoms with Crippen LogP contribution >= 0.6 is 0 Å². The summed E-state index contributed by atoms with van der Waals surface area (Å²) in [5.41, 5.74) is 1.46. The summed E-state index contributed by atoms with van der Waals surface area (Å²) >= 11 is 0. The number of carbonyl (C=O) groups is 1. The van der Waals surface area contributed by atoms with Crippen molar-refractivity contribution in [2.24, 2.45) is 0 Å². The van der Waals surface area contributed by atoms with Crippen LogP contribution in [0, 0.1) is 0 Å². The van der Waals surface area contributed by atoms with E-state index in [0.717, 1.165) is 11.3 Å². The highest BCUT2D eigenvalue weighted by Crippen LogP contribution is 2.30. The lowest BCUT2D eigenvalue weighted by Crippen LogP contribution is -2.14. The lowest BCUT2D eigenvalue weighted by molar-refractivity contribution is -0.129. The topological polar surface area (TPSA) is 65.7 Å². The average Bonchev–Trinajstić information content (AvgIpc) is 2.80. The smallest absolute Gasteiger partial charge is 0.336 e. The van der Waals surface area contributed by atoms with Crippen LogP contribution in [0.4, 0.5) is 0 Å². The first-order valence-electron chi connectivity index (χ1n) is 9.31. The van der Waals surface area contributed by atoms with Gasteiger partial charge >= 0.3 is 5.97 Å². The van der Waals surface area contributed by atoms with E-state index in [4.69, 9.17) is 13.9 Å². The molecule has 4 aromatic rings. The number of benzene rings is 3. The molecule has 0 spiro atoms. The highest BCUT2D eigenvalue weighted by molar-refractivity contribution is 5.91. The molecule has 0 bridgehead atoms. The third-order valence-corrected chi connectivity index (χ3v) is 4.52. The molecule has 0 aliphatic rings. The normalized spacial score (nSPS) is 11.0. The zero-order valence-corrected chi connectivity index (χ0v) is 16.2. The molecule has 0 aliphatic carbocycles. The van der Waals surface area contributed by atoms with Gasteiger partial charge in [-0.15, -0.1) is 0 Å². The fourth-order valence-electron chi connectivity index (χ4n) is 3.01. The number of ether oxygens (including phenoxy) is 2. The molecule has 1 aromatic heterocycles. The van der Waals surface area contributed by atoms with Gasteiger partial charge in [-0.3, -0.25) is 4.79 Å². The van der Waals surface area contributed by atoms with Crippen molar-refractivity contribution in [3.63, 3.8) is 0 Å². The summed E-state index contributed by atoms with van der Waals surface area (Å²) in [6.45, 7) is 0. The predicted octanol–water partition coefficient (Wildman–Crippen LogP) is 5.09. The minimum atomic E-state index is -0.675. The quantitative estimate of drug-likeness (QED) is 0.346. The molecule has 5 nitrogen and oxygen atoms in total. The van der Waals surface area contributed by atoms with Gasteiger partial charge in [0.05, 0.1) is 12.5 Å². The van der Waals surface area contributed by atoms with E-state index in [9.17, 15) is 9.59 Å². The molecule has 148 valence electrons. The molecule has 0 saturated heterocycles. The van der Waals surface area contributed by atoms with Crippen LogP contribution < -0.4 is 14.9 Å². The number of hydrogen-bond acceptors (Lipinski definition) is 5. The van der Waals surface area contributed by atoms with Crippen molar-refractivity contribution in [3.05, 3.63) is 101 Å². The van der Waals surface area contributed by atoms with Gasteiger partial charge in [-0.05, 0) is 35.9 Å². The van der Waals surface area contributed by atoms with Gasteiger partial charge in [-0.25, -0.2) is 4.79 Å². The Kier molecular flexibility index (Phi) is 5.44. The summed E-state index contributed by atoms with van der Waals surface area (Å²) in [5.74, 6) is 0.122. The van der Waals surface area contributed by atoms with E-state index in [1.165, 1.54) is 6.08 Å². The summed E-state index contributed by atoms with van der Waals surface area (Å²) in [5, 5.41) is 0.346. The minimum absolute atomic E-state index is 0.135. The molecule has 0 radical (unpaired) electrons. The highest BCUT2D eigenvalue weighted by atomic mass is 16.5. The Bertz CT molecular complexity index is 1270. The van der Waals surface area contributed by atoms with Gasteiger partial charge in [0.25, 0.3) is 0 Å². The van der Waals surface area contributed by atoms with Crippen LogP contribution in [0.1, 0.15) is 5.56 Å². The first-order chi connectivity index (χ1) is 14.7. The van der Waals surface area contributed by atoms with E-state index in [0.29, 0.717) is 16.5 Å². The van der Waals surface area contributed by atoms with Gasteiger partial charge in [-0.1, -0.05) is 54.6 Å². The summed E-state index contributed by atoms with van der Waals surface area (Å²) in [6, 6.07) is 23.1. The van der Waals surface area contributed by atoms with Crippen LogP contribution in [0.2, 0.25) is 0 Å². The molecule has 0 fully saturated rings. The van der Waals surface area contributed by atoms with Gasteiger partial charge in [0.1, 0.15) is 11.3 Å². The number of methoxy groups -OCH3 is 1. The average molecular weight is 398 g/mol. The molecule has 5 heteroatoms. The number of esters is 1. The van der Waals surface area contributed by atoms with Crippen molar-refractivity contribution < 1.29 is 18.7 Å². The van der Waals surface area contributed by atoms with Crippen LogP contribution in [-0.2, 0) is 4.79 Å². The molecule has 0 atom stereocenters. The van der Waals surface area contributed by atoms with Crippen molar-refractivity contribution in [3.8, 4) is 22.8 Å². The number of hydrogen-bond donors (Lipinski definition) is 0. The number of rotatable bonds is 5. The van der Waals surface area contributed by atoms with Gasteiger partial charge in [0.2, 0.25) is 11.2 Å². The van der Waals surface area contributed by atoms with E-state index in [1.54, 1.807) is 61.7 Å². The molecule has 1 heterocycles. The zero-order valence-electron chi connectivity index (χ0n) is 16.2. The van der Waals surface area contributed by atoms with Crippen molar-refractivity contribution in [2.45, 2.75) is 0 Å². The van der Waals surface area contributed by atoms with E-state index in [2.05, 4.69) is 0 Å². The van der Waals surface area contributed by atoms with E-state index >= 15 is 0 Å². The summed E-state index contributed by atoms with van der Waals surface area (Å²) in [7, 11) is 1.58. The van der Waals surface area contributed by atoms with Crippen LogP contribution in [0.25, 0.3) is 28.4 Å². The van der Waals surface area contributed by atoms with Gasteiger partial charge in [0, 0.05) is 11.6 Å². The van der Waals surface area contributed by atoms with Crippen LogP contribution in [0.5, 0.6) is 11.5 Å². The van der Waals surface area contributed by atoms with Gasteiger partial charge < -0.3 is 13.9 Å². The Morgan fingerprint density at radius 1 is 0.900 bits per heavy atom. The lowest BCUT2D eigenvalue weighted by Gasteiger charge is -2.09. The maximum Gasteiger partial charge on any atom is 0.336 e. The minimum Gasteiger partial charge on any atom is -0.497 e. The van der Waals surface area contributed by atoms with E-state index in [1.807, 2.05) is 30.3 Å². The zero-order chi connectivity index (χ0) is 20.9. The molecule has 3 aromatic carbocycles. The summed E-state index contributed by atoms with van der Waals surface area (Å²) in [6.07, 6.45) is 2.87. The Hall–Kier alpha value is -4.12. The second-order valence-corrected chi connectivity index (χ2v) is 6.48. The number of carbonyl (C=O) groups excluding carboxylic acids is 1. The molecule has 4 rings (SSSR count). The van der Waals surface area contributed by atoms with Crippen molar-refractivity contribution >= 4 is 23.0 Å². The second kappa shape index (κ2) is 8.49. The Balaban J connectivity index is 1.70. The highest BCUT2D eigenvalue weighted by Gasteiger charge is 2.19. The number of fused-ring (bicyclic) bond motifs is 1. The van der Waals surface area contributed by atoms with Crippen molar-refractivity contribution in [1.82, 2.24) is 0 Å². The first-order valence-corrected chi connectivity index (χ1v) is 9.31. The van der Waals surface area contributed by atoms with Crippen LogP contribution in [0.15, 0.2) is 94.2 Å². The molecule has 30 heavy (non-hydrogen) atoms. The molecule has 0 aliphatic heterocycles. The fourth-order valence-corrected chi connectivity index (χ4v) is 3.01. The van der Waals surface area contributed by atoms with Crippen molar-refractivity contribution in [1.29, 1.82) is 0 Å². The lowest BCUT2D eigenvalue weighted by atomic mass is 10.1. The van der Waals surface area contributed by atoms with Crippen LogP contribution in [0.3, 0.4) is 0 Å². The molecule has 0 saturated carbocycles. The largest absolute Gasteiger partial charge is 0.497 e. The third-order valence-electron chi connectivity index (χ3n) is 4.52. The first kappa shape index (κ1) is 19.2. The monoisotopic (exact) mass is 398 g/mol. The second-order valence-electron chi connectivity index (χ2n) is 6.48. The SMILES string of the molecule is COc1ccc(/C=C/C(=O)Oc2c(-c3ccccc3)oc3ccccc3c2=O)cc1. The Morgan fingerprint density at radius 2 is 1.60 bits per heavy atom. The standard InChI is InChI=1S/C25H18O5/c1-28-19-14-11-17(12-15-19)13-16-22(26)30-25-23(27)20-9-5-6-10-21(20)29-24(25)18-7-3-2-4-8-18/h2-16H,1H3/b16-13+. The number of para-hydroxylation sites is 1. The Morgan fingerprint density at radius 3 is 2.33 bits per heavy atom. The third kappa shape index (κ3) is 4.00. The van der Waals surface area contributed by atoms with Gasteiger partial charge in [-0.2, -0.15) is 0 Å². The maximum absolute atomic E-state index is 13.0. The molecule has 0 unspecified atom stereocenters. The molecular formula is C25H18O5. The fraction of sp³-hybridized carbons (Fsp3) is 0.0400. The van der Waals surface area contributed by atoms with Crippen LogP contribution in [-0.4, -0.2) is 13.1 Å². The summed E-state index contributed by atoms with van der Waals surface area (Å²) < 4.78 is 16.5. The summed E-state index contributed by atoms with van der Waals surface area (Å²) in [4.78, 5) is 25.5. The Labute approximate surface area is 172 Å². The molecule has 0 amide bonds. The molecule has 0 N–H and O–H groups in total. The van der Waals surface area contributed by atoms with E-state index in [-0.39, 0.29) is 11.5 Å².